The Morgan fingerprint density at radius 3 is 2.62 bits per heavy atom. The number of rotatable bonds is 3. The summed E-state index contributed by atoms with van der Waals surface area (Å²) in [6.07, 6.45) is 1.68. The maximum atomic E-state index is 12.8. The van der Waals surface area contributed by atoms with Crippen LogP contribution in [0.4, 0.5) is 0 Å². The lowest BCUT2D eigenvalue weighted by molar-refractivity contribution is 0.508. The van der Waals surface area contributed by atoms with Crippen LogP contribution >= 0.6 is 11.3 Å². The molecule has 0 saturated carbocycles. The summed E-state index contributed by atoms with van der Waals surface area (Å²) >= 11 is 1.59. The van der Waals surface area contributed by atoms with Crippen molar-refractivity contribution >= 4 is 21.6 Å². The molecule has 0 atom stereocenters. The molecule has 108 valence electrons. The van der Waals surface area contributed by atoms with Crippen molar-refractivity contribution in [2.24, 2.45) is 5.92 Å². The van der Waals surface area contributed by atoms with Crippen LogP contribution in [0.15, 0.2) is 41.5 Å². The molecule has 2 heterocycles. The van der Waals surface area contributed by atoms with Gasteiger partial charge in [-0.15, -0.1) is 11.3 Å². The summed E-state index contributed by atoms with van der Waals surface area (Å²) in [7, 11) is 0. The number of benzene rings is 1. The molecule has 4 heteroatoms. The van der Waals surface area contributed by atoms with Crippen LogP contribution in [0.3, 0.4) is 0 Å². The van der Waals surface area contributed by atoms with E-state index in [9.17, 15) is 4.79 Å². The molecule has 0 N–H and O–H groups in total. The largest absolute Gasteiger partial charge is 0.298 e. The fraction of sp³-hybridized carbons (Fsp3) is 0.294. The monoisotopic (exact) mass is 298 g/mol. The van der Waals surface area contributed by atoms with Gasteiger partial charge in [0.05, 0.1) is 11.7 Å². The molecule has 0 fully saturated rings. The van der Waals surface area contributed by atoms with Gasteiger partial charge in [0.25, 0.3) is 5.56 Å². The van der Waals surface area contributed by atoms with E-state index >= 15 is 0 Å². The number of nitrogens with zero attached hydrogens (tertiary/aromatic N) is 2. The van der Waals surface area contributed by atoms with Crippen LogP contribution in [0.5, 0.6) is 0 Å². The zero-order chi connectivity index (χ0) is 15.0. The lowest BCUT2D eigenvalue weighted by atomic mass is 10.0. The summed E-state index contributed by atoms with van der Waals surface area (Å²) in [5.41, 5.74) is 2.19. The Labute approximate surface area is 127 Å². The molecule has 0 aliphatic heterocycles. The van der Waals surface area contributed by atoms with Gasteiger partial charge in [0.2, 0.25) is 0 Å². The van der Waals surface area contributed by atoms with Gasteiger partial charge in [0, 0.05) is 17.0 Å². The van der Waals surface area contributed by atoms with E-state index in [1.54, 1.807) is 22.2 Å². The number of hydrogen-bond donors (Lipinski definition) is 0. The highest BCUT2D eigenvalue weighted by molar-refractivity contribution is 7.19. The fourth-order valence-electron chi connectivity index (χ4n) is 2.61. The smallest absolute Gasteiger partial charge is 0.262 e. The number of hydrogen-bond acceptors (Lipinski definition) is 3. The number of aryl methyl sites for hydroxylation is 1. The van der Waals surface area contributed by atoms with E-state index in [1.807, 2.05) is 30.3 Å². The van der Waals surface area contributed by atoms with Crippen molar-refractivity contribution in [3.05, 3.63) is 51.9 Å². The Bertz CT molecular complexity index is 831. The molecule has 2 aromatic heterocycles. The van der Waals surface area contributed by atoms with E-state index in [0.717, 1.165) is 26.2 Å². The van der Waals surface area contributed by atoms with Gasteiger partial charge in [0.1, 0.15) is 4.83 Å². The second-order valence-electron chi connectivity index (χ2n) is 5.68. The lowest BCUT2D eigenvalue weighted by Crippen LogP contribution is -2.22. The molecular formula is C17H18N2OS. The summed E-state index contributed by atoms with van der Waals surface area (Å²) in [4.78, 5) is 19.3. The third-order valence-electron chi connectivity index (χ3n) is 3.48. The highest BCUT2D eigenvalue weighted by Gasteiger charge is 2.16. The van der Waals surface area contributed by atoms with E-state index in [-0.39, 0.29) is 5.56 Å². The average Bonchev–Trinajstić information content (AvgIpc) is 2.79. The molecule has 1 aromatic carbocycles. The third kappa shape index (κ3) is 2.51. The van der Waals surface area contributed by atoms with Crippen molar-refractivity contribution in [3.63, 3.8) is 0 Å². The van der Waals surface area contributed by atoms with Crippen molar-refractivity contribution in [2.45, 2.75) is 27.3 Å². The van der Waals surface area contributed by atoms with E-state index in [0.29, 0.717) is 12.5 Å². The summed E-state index contributed by atoms with van der Waals surface area (Å²) in [6.45, 7) is 6.97. The highest BCUT2D eigenvalue weighted by atomic mass is 32.1. The van der Waals surface area contributed by atoms with E-state index in [4.69, 9.17) is 0 Å². The molecule has 0 amide bonds. The van der Waals surface area contributed by atoms with Crippen LogP contribution < -0.4 is 5.56 Å². The van der Waals surface area contributed by atoms with Crippen LogP contribution in [0.25, 0.3) is 21.3 Å². The van der Waals surface area contributed by atoms with Crippen molar-refractivity contribution in [3.8, 4) is 11.1 Å². The number of aromatic nitrogens is 2. The molecular weight excluding hydrogens is 280 g/mol. The first-order valence-corrected chi connectivity index (χ1v) is 7.93. The minimum absolute atomic E-state index is 0.0666. The molecule has 0 bridgehead atoms. The van der Waals surface area contributed by atoms with E-state index < -0.39 is 0 Å². The standard InChI is InChI=1S/C17H18N2OS/c1-11(2)9-19-10-18-16-15(17(19)20)14(12(3)21-16)13-7-5-4-6-8-13/h4-8,10-11H,9H2,1-3H3. The molecule has 3 rings (SSSR count). The zero-order valence-corrected chi connectivity index (χ0v) is 13.3. The minimum atomic E-state index is 0.0666. The summed E-state index contributed by atoms with van der Waals surface area (Å²) in [5, 5.41) is 0.756. The summed E-state index contributed by atoms with van der Waals surface area (Å²) < 4.78 is 1.73. The molecule has 0 saturated heterocycles. The van der Waals surface area contributed by atoms with Crippen LogP contribution in [-0.2, 0) is 6.54 Å². The van der Waals surface area contributed by atoms with Crippen LogP contribution in [0.2, 0.25) is 0 Å². The third-order valence-corrected chi connectivity index (χ3v) is 4.49. The Morgan fingerprint density at radius 1 is 1.24 bits per heavy atom. The molecule has 0 aliphatic carbocycles. The van der Waals surface area contributed by atoms with Gasteiger partial charge in [-0.3, -0.25) is 9.36 Å². The predicted molar refractivity (Wildman–Crippen MR) is 88.9 cm³/mol. The predicted octanol–water partition coefficient (Wildman–Crippen LogP) is 4.09. The Morgan fingerprint density at radius 2 is 1.95 bits per heavy atom. The molecule has 21 heavy (non-hydrogen) atoms. The maximum absolute atomic E-state index is 12.8. The molecule has 3 aromatic rings. The second kappa shape index (κ2) is 5.45. The summed E-state index contributed by atoms with van der Waals surface area (Å²) in [6, 6.07) is 10.1. The first kappa shape index (κ1) is 14.0. The normalized spacial score (nSPS) is 11.4. The van der Waals surface area contributed by atoms with E-state index in [1.165, 1.54) is 0 Å². The first-order chi connectivity index (χ1) is 10.1. The Kier molecular flexibility index (Phi) is 3.64. The van der Waals surface area contributed by atoms with Gasteiger partial charge in [0.15, 0.2) is 0 Å². The topological polar surface area (TPSA) is 34.9 Å². The molecule has 3 nitrogen and oxygen atoms in total. The highest BCUT2D eigenvalue weighted by Crippen LogP contribution is 2.35. The van der Waals surface area contributed by atoms with Gasteiger partial charge < -0.3 is 0 Å². The second-order valence-corrected chi connectivity index (χ2v) is 6.88. The lowest BCUT2D eigenvalue weighted by Gasteiger charge is -2.08. The molecule has 0 radical (unpaired) electrons. The first-order valence-electron chi connectivity index (χ1n) is 7.12. The SMILES string of the molecule is Cc1sc2ncn(CC(C)C)c(=O)c2c1-c1ccccc1. The van der Waals surface area contributed by atoms with Crippen molar-refractivity contribution < 1.29 is 0 Å². The van der Waals surface area contributed by atoms with Crippen molar-refractivity contribution in [1.82, 2.24) is 9.55 Å². The molecule has 0 unspecified atom stereocenters. The number of fused-ring (bicyclic) bond motifs is 1. The zero-order valence-electron chi connectivity index (χ0n) is 12.5. The van der Waals surface area contributed by atoms with Crippen molar-refractivity contribution in [1.29, 1.82) is 0 Å². The average molecular weight is 298 g/mol. The minimum Gasteiger partial charge on any atom is -0.298 e. The van der Waals surface area contributed by atoms with Gasteiger partial charge in [-0.1, -0.05) is 44.2 Å². The van der Waals surface area contributed by atoms with Gasteiger partial charge >= 0.3 is 0 Å². The van der Waals surface area contributed by atoms with Crippen LogP contribution in [0.1, 0.15) is 18.7 Å². The summed E-state index contributed by atoms with van der Waals surface area (Å²) in [5.74, 6) is 0.418. The van der Waals surface area contributed by atoms with Gasteiger partial charge in [-0.2, -0.15) is 0 Å². The quantitative estimate of drug-likeness (QED) is 0.730. The fourth-order valence-corrected chi connectivity index (χ4v) is 3.62. The van der Waals surface area contributed by atoms with E-state index in [2.05, 4.69) is 25.8 Å². The molecule has 0 aliphatic rings. The molecule has 0 spiro atoms. The number of thiophene rings is 1. The Hall–Kier alpha value is -1.94. The Balaban J connectivity index is 2.30. The van der Waals surface area contributed by atoms with Crippen molar-refractivity contribution in [2.75, 3.05) is 0 Å². The maximum Gasteiger partial charge on any atom is 0.262 e. The van der Waals surface area contributed by atoms with Crippen LogP contribution in [0, 0.1) is 12.8 Å². The van der Waals surface area contributed by atoms with Gasteiger partial charge in [-0.25, -0.2) is 4.98 Å². The van der Waals surface area contributed by atoms with Crippen LogP contribution in [-0.4, -0.2) is 9.55 Å². The van der Waals surface area contributed by atoms with Gasteiger partial charge in [-0.05, 0) is 18.4 Å².